The molecule has 0 fully saturated rings. The van der Waals surface area contributed by atoms with Gasteiger partial charge in [0.1, 0.15) is 8.07 Å². The number of rotatable bonds is 11. The van der Waals surface area contributed by atoms with Gasteiger partial charge in [-0.15, -0.1) is 5.54 Å². The summed E-state index contributed by atoms with van der Waals surface area (Å²) in [5, 5.41) is 0. The van der Waals surface area contributed by atoms with Crippen LogP contribution in [-0.2, 0) is 24.7 Å². The van der Waals surface area contributed by atoms with Gasteiger partial charge in [0.2, 0.25) is 0 Å². The fraction of sp³-hybridized carbons (Fsp3) is 0.524. The van der Waals surface area contributed by atoms with Crippen molar-refractivity contribution in [1.29, 1.82) is 0 Å². The van der Waals surface area contributed by atoms with Crippen molar-refractivity contribution in [1.82, 2.24) is 4.90 Å². The Kier molecular flexibility index (Phi) is 11.0. The third-order valence-electron chi connectivity index (χ3n) is 3.84. The van der Waals surface area contributed by atoms with Crippen molar-refractivity contribution in [2.45, 2.75) is 45.6 Å². The Labute approximate surface area is 171 Å². The van der Waals surface area contributed by atoms with Crippen molar-refractivity contribution in [3.05, 3.63) is 48.0 Å². The quantitative estimate of drug-likeness (QED) is 0.214. The van der Waals surface area contributed by atoms with Crippen LogP contribution in [0.25, 0.3) is 0 Å². The third-order valence-corrected chi connectivity index (χ3v) is 6.19. The molecular weight excluding hydrogens is 389 g/mol. The predicted molar refractivity (Wildman–Crippen MR) is 119 cm³/mol. The first-order chi connectivity index (χ1) is 13.2. The lowest BCUT2D eigenvalue weighted by molar-refractivity contribution is 0.124. The Hall–Kier alpha value is -1.19. The van der Waals surface area contributed by atoms with Gasteiger partial charge in [-0.2, -0.15) is 0 Å². The lowest BCUT2D eigenvalue weighted by atomic mass is 10.2. The van der Waals surface area contributed by atoms with E-state index in [-0.39, 0.29) is 6.10 Å². The minimum Gasteiger partial charge on any atom is -0.290 e. The molecule has 0 N–H and O–H groups in total. The summed E-state index contributed by atoms with van der Waals surface area (Å²) in [5.74, 6) is 3.34. The second-order valence-electron chi connectivity index (χ2n) is 7.50. The Balaban J connectivity index is 2.78. The van der Waals surface area contributed by atoms with Crippen LogP contribution in [0.2, 0.25) is 19.6 Å². The molecule has 0 amide bonds. The molecule has 156 valence electrons. The molecule has 0 aliphatic rings. The molecule has 0 saturated carbocycles. The van der Waals surface area contributed by atoms with E-state index < -0.39 is 15.9 Å². The summed E-state index contributed by atoms with van der Waals surface area (Å²) in [5.41, 5.74) is 4.67. The molecule has 5 nitrogen and oxygen atoms in total. The number of phosphoric ester groups is 1. The van der Waals surface area contributed by atoms with Crippen molar-refractivity contribution in [3.63, 3.8) is 0 Å². The van der Waals surface area contributed by atoms with Gasteiger partial charge in [0.25, 0.3) is 0 Å². The van der Waals surface area contributed by atoms with Crippen LogP contribution in [0.15, 0.2) is 42.5 Å². The van der Waals surface area contributed by atoms with Gasteiger partial charge in [-0.1, -0.05) is 75.0 Å². The summed E-state index contributed by atoms with van der Waals surface area (Å²) < 4.78 is 27.4. The maximum atomic E-state index is 12.2. The zero-order chi connectivity index (χ0) is 21.0. The molecule has 1 rings (SSSR count). The molecule has 1 atom stereocenters. The highest BCUT2D eigenvalue weighted by atomic mass is 31.2. The number of phosphoric acid groups is 1. The fourth-order valence-electron chi connectivity index (χ4n) is 2.38. The number of hydrogen-bond acceptors (Lipinski definition) is 5. The first kappa shape index (κ1) is 24.8. The molecule has 0 aromatic heterocycles. The predicted octanol–water partition coefficient (Wildman–Crippen LogP) is 5.12. The SMILES string of the molecule is CC[C@@H](/C=C\CN(CC#C[Si](C)(C)C)Cc1ccccc1)OP(=O)(OC)OC. The molecule has 0 unspecified atom stereocenters. The van der Waals surface area contributed by atoms with Gasteiger partial charge in [-0.05, 0) is 12.0 Å². The van der Waals surface area contributed by atoms with E-state index in [9.17, 15) is 4.57 Å². The second kappa shape index (κ2) is 12.4. The summed E-state index contributed by atoms with van der Waals surface area (Å²) in [6.45, 7) is 10.9. The molecule has 28 heavy (non-hydrogen) atoms. The van der Waals surface area contributed by atoms with Crippen molar-refractivity contribution in [2.24, 2.45) is 0 Å². The number of hydrogen-bond donors (Lipinski definition) is 0. The fourth-order valence-corrected chi connectivity index (χ4v) is 3.86. The Bertz CT molecular complexity index is 699. The standard InChI is InChI=1S/C21H34NO4PSi/c1-7-21(26-27(23,24-2)25-3)15-11-16-22(17-12-18-28(4,5)6)19-20-13-9-8-10-14-20/h8-11,13-15,21H,7,16-17,19H2,1-6H3/b15-11-/t21-/m0/s1. The summed E-state index contributed by atoms with van der Waals surface area (Å²) in [6.07, 6.45) is 4.27. The molecule has 7 heteroatoms. The van der Waals surface area contributed by atoms with Gasteiger partial charge in [-0.25, -0.2) is 4.57 Å². The molecule has 0 radical (unpaired) electrons. The normalized spacial score (nSPS) is 13.5. The Morgan fingerprint density at radius 2 is 1.82 bits per heavy atom. The van der Waals surface area contributed by atoms with E-state index in [0.29, 0.717) is 13.0 Å². The highest BCUT2D eigenvalue weighted by molar-refractivity contribution is 7.48. The van der Waals surface area contributed by atoms with Crippen LogP contribution in [-0.4, -0.2) is 46.4 Å². The average Bonchev–Trinajstić information content (AvgIpc) is 2.66. The van der Waals surface area contributed by atoms with Crippen molar-refractivity contribution in [3.8, 4) is 11.5 Å². The van der Waals surface area contributed by atoms with Crippen LogP contribution in [0.4, 0.5) is 0 Å². The van der Waals surface area contributed by atoms with Gasteiger partial charge in [0, 0.05) is 27.3 Å². The number of benzene rings is 1. The van der Waals surface area contributed by atoms with E-state index in [2.05, 4.69) is 48.1 Å². The summed E-state index contributed by atoms with van der Waals surface area (Å²) in [4.78, 5) is 2.28. The molecule has 0 bridgehead atoms. The van der Waals surface area contributed by atoms with Gasteiger partial charge >= 0.3 is 7.82 Å². The first-order valence-corrected chi connectivity index (χ1v) is 14.5. The zero-order valence-corrected chi connectivity index (χ0v) is 19.9. The summed E-state index contributed by atoms with van der Waals surface area (Å²) in [6, 6.07) is 10.4. The van der Waals surface area contributed by atoms with Crippen LogP contribution < -0.4 is 0 Å². The van der Waals surface area contributed by atoms with Crippen LogP contribution in [0, 0.1) is 11.5 Å². The van der Waals surface area contributed by atoms with Crippen LogP contribution in [0.3, 0.4) is 0 Å². The molecule has 0 saturated heterocycles. The van der Waals surface area contributed by atoms with Crippen LogP contribution in [0.5, 0.6) is 0 Å². The van der Waals surface area contributed by atoms with E-state index in [0.717, 1.165) is 13.1 Å². The molecule has 1 aromatic carbocycles. The van der Waals surface area contributed by atoms with E-state index in [1.54, 1.807) is 0 Å². The number of nitrogens with zero attached hydrogens (tertiary/aromatic N) is 1. The monoisotopic (exact) mass is 423 g/mol. The lowest BCUT2D eigenvalue weighted by Gasteiger charge is -2.20. The third kappa shape index (κ3) is 10.4. The Morgan fingerprint density at radius 1 is 1.18 bits per heavy atom. The first-order valence-electron chi connectivity index (χ1n) is 9.54. The van der Waals surface area contributed by atoms with Crippen LogP contribution >= 0.6 is 7.82 Å². The van der Waals surface area contributed by atoms with Gasteiger partial charge in [0.05, 0.1) is 12.6 Å². The highest BCUT2D eigenvalue weighted by Gasteiger charge is 2.26. The van der Waals surface area contributed by atoms with Crippen LogP contribution in [0.1, 0.15) is 18.9 Å². The zero-order valence-electron chi connectivity index (χ0n) is 18.0. The van der Waals surface area contributed by atoms with Crippen molar-refractivity contribution >= 4 is 15.9 Å². The second-order valence-corrected chi connectivity index (χ2v) is 14.1. The van der Waals surface area contributed by atoms with E-state index >= 15 is 0 Å². The van der Waals surface area contributed by atoms with E-state index in [1.807, 2.05) is 37.3 Å². The molecule has 0 aliphatic carbocycles. The van der Waals surface area contributed by atoms with Gasteiger partial charge < -0.3 is 0 Å². The highest BCUT2D eigenvalue weighted by Crippen LogP contribution is 2.49. The molecule has 0 heterocycles. The maximum absolute atomic E-state index is 12.2. The topological polar surface area (TPSA) is 48.0 Å². The molecule has 0 spiro atoms. The smallest absolute Gasteiger partial charge is 0.290 e. The average molecular weight is 424 g/mol. The lowest BCUT2D eigenvalue weighted by Crippen LogP contribution is -2.25. The largest absolute Gasteiger partial charge is 0.474 e. The minimum absolute atomic E-state index is 0.336. The van der Waals surface area contributed by atoms with Gasteiger partial charge in [-0.3, -0.25) is 18.5 Å². The van der Waals surface area contributed by atoms with Crippen molar-refractivity contribution in [2.75, 3.05) is 27.3 Å². The summed E-state index contributed by atoms with van der Waals surface area (Å²) in [7, 11) is -2.24. The maximum Gasteiger partial charge on any atom is 0.474 e. The van der Waals surface area contributed by atoms with E-state index in [1.165, 1.54) is 19.8 Å². The molecule has 0 aliphatic heterocycles. The van der Waals surface area contributed by atoms with Gasteiger partial charge in [0.15, 0.2) is 0 Å². The Morgan fingerprint density at radius 3 is 2.36 bits per heavy atom. The van der Waals surface area contributed by atoms with Crippen molar-refractivity contribution < 1.29 is 18.1 Å². The molecular formula is C21H34NO4PSi. The summed E-state index contributed by atoms with van der Waals surface area (Å²) >= 11 is 0. The minimum atomic E-state index is -3.49. The van der Waals surface area contributed by atoms with E-state index in [4.69, 9.17) is 13.6 Å². The molecule has 1 aromatic rings.